The van der Waals surface area contributed by atoms with Crippen molar-refractivity contribution in [3.8, 4) is 17.1 Å². The summed E-state index contributed by atoms with van der Waals surface area (Å²) in [5.74, 6) is 0.243. The quantitative estimate of drug-likeness (QED) is 0.725. The molecule has 0 saturated carbocycles. The maximum absolute atomic E-state index is 12.4. The van der Waals surface area contributed by atoms with Gasteiger partial charge >= 0.3 is 6.36 Å². The van der Waals surface area contributed by atoms with Gasteiger partial charge in [0.25, 0.3) is 5.56 Å². The van der Waals surface area contributed by atoms with Gasteiger partial charge in [-0.1, -0.05) is 12.1 Å². The van der Waals surface area contributed by atoms with E-state index >= 15 is 0 Å². The van der Waals surface area contributed by atoms with E-state index < -0.39 is 6.36 Å². The summed E-state index contributed by atoms with van der Waals surface area (Å²) in [4.78, 5) is 25.9. The third-order valence-electron chi connectivity index (χ3n) is 4.67. The number of nitrogens with one attached hydrogen (secondary N) is 1. The smallest absolute Gasteiger partial charge is 0.406 e. The molecular weight excluding hydrogens is 385 g/mol. The summed E-state index contributed by atoms with van der Waals surface area (Å²) in [6.07, 6.45) is -0.882. The van der Waals surface area contributed by atoms with E-state index in [1.807, 2.05) is 0 Å². The average molecular weight is 402 g/mol. The van der Waals surface area contributed by atoms with Gasteiger partial charge in [0, 0.05) is 43.2 Å². The second-order valence-electron chi connectivity index (χ2n) is 6.73. The number of H-pyrrole nitrogens is 1. The van der Waals surface area contributed by atoms with Gasteiger partial charge < -0.3 is 9.72 Å². The number of hydrogen-bond acceptors (Lipinski definition) is 5. The van der Waals surface area contributed by atoms with Crippen molar-refractivity contribution in [3.63, 3.8) is 0 Å². The van der Waals surface area contributed by atoms with Crippen LogP contribution in [0.3, 0.4) is 0 Å². The maximum Gasteiger partial charge on any atom is 0.573 e. The van der Waals surface area contributed by atoms with Crippen LogP contribution in [0, 0.1) is 0 Å². The molecule has 150 valence electrons. The number of pyridine rings is 1. The van der Waals surface area contributed by atoms with Gasteiger partial charge in [0.1, 0.15) is 11.6 Å². The largest absolute Gasteiger partial charge is 0.573 e. The molecule has 4 rings (SSSR count). The molecule has 0 atom stereocenters. The summed E-state index contributed by atoms with van der Waals surface area (Å²) in [5.41, 5.74) is 2.87. The molecule has 0 amide bonds. The van der Waals surface area contributed by atoms with Crippen LogP contribution in [0.1, 0.15) is 16.8 Å². The van der Waals surface area contributed by atoms with Crippen LogP contribution in [-0.2, 0) is 19.5 Å². The Morgan fingerprint density at radius 3 is 2.52 bits per heavy atom. The van der Waals surface area contributed by atoms with Gasteiger partial charge in [-0.05, 0) is 36.2 Å². The number of aromatic nitrogens is 3. The molecule has 0 unspecified atom stereocenters. The topological polar surface area (TPSA) is 71.1 Å². The molecule has 0 bridgehead atoms. The highest BCUT2D eigenvalue weighted by molar-refractivity contribution is 5.54. The van der Waals surface area contributed by atoms with Gasteiger partial charge in [0.05, 0.1) is 5.69 Å². The van der Waals surface area contributed by atoms with Crippen LogP contribution in [0.4, 0.5) is 13.2 Å². The Labute approximate surface area is 164 Å². The minimum absolute atomic E-state index is 0.143. The van der Waals surface area contributed by atoms with Crippen LogP contribution in [0.5, 0.6) is 5.75 Å². The summed E-state index contributed by atoms with van der Waals surface area (Å²) in [5, 5.41) is 0. The Morgan fingerprint density at radius 1 is 1.10 bits per heavy atom. The zero-order chi connectivity index (χ0) is 20.4. The van der Waals surface area contributed by atoms with Gasteiger partial charge in [0.2, 0.25) is 0 Å². The molecule has 2 aromatic heterocycles. The second kappa shape index (κ2) is 7.67. The maximum atomic E-state index is 12.4. The molecule has 0 fully saturated rings. The van der Waals surface area contributed by atoms with E-state index in [0.717, 1.165) is 11.1 Å². The zero-order valence-electron chi connectivity index (χ0n) is 15.2. The minimum Gasteiger partial charge on any atom is -0.406 e. The predicted molar refractivity (Wildman–Crippen MR) is 99.0 cm³/mol. The van der Waals surface area contributed by atoms with E-state index in [1.165, 1.54) is 12.1 Å². The highest BCUT2D eigenvalue weighted by Gasteiger charge is 2.31. The second-order valence-corrected chi connectivity index (χ2v) is 6.73. The molecule has 3 aromatic rings. The number of halogens is 3. The number of rotatable bonds is 4. The first-order valence-electron chi connectivity index (χ1n) is 8.97. The molecule has 0 saturated heterocycles. The third kappa shape index (κ3) is 4.62. The van der Waals surface area contributed by atoms with E-state index in [9.17, 15) is 18.0 Å². The van der Waals surface area contributed by atoms with Gasteiger partial charge in [-0.2, -0.15) is 0 Å². The van der Waals surface area contributed by atoms with E-state index in [0.29, 0.717) is 43.1 Å². The predicted octanol–water partition coefficient (Wildman–Crippen LogP) is 3.29. The molecule has 0 aliphatic carbocycles. The lowest BCUT2D eigenvalue weighted by molar-refractivity contribution is -0.274. The van der Waals surface area contributed by atoms with Gasteiger partial charge in [0.15, 0.2) is 0 Å². The summed E-state index contributed by atoms with van der Waals surface area (Å²) in [6, 6.07) is 9.34. The Hall–Kier alpha value is -3.20. The van der Waals surface area contributed by atoms with E-state index in [1.54, 1.807) is 36.7 Å². The van der Waals surface area contributed by atoms with Crippen molar-refractivity contribution in [1.82, 2.24) is 19.9 Å². The van der Waals surface area contributed by atoms with Gasteiger partial charge in [-0.3, -0.25) is 14.7 Å². The van der Waals surface area contributed by atoms with Crippen molar-refractivity contribution in [2.75, 3.05) is 6.54 Å². The van der Waals surface area contributed by atoms with E-state index in [4.69, 9.17) is 0 Å². The summed E-state index contributed by atoms with van der Waals surface area (Å²) in [6.45, 7) is 1.68. The van der Waals surface area contributed by atoms with Crippen molar-refractivity contribution >= 4 is 0 Å². The first-order valence-corrected chi connectivity index (χ1v) is 8.97. The van der Waals surface area contributed by atoms with Crippen LogP contribution in [0.15, 0.2) is 53.6 Å². The molecule has 0 radical (unpaired) electrons. The molecule has 1 aliphatic heterocycles. The van der Waals surface area contributed by atoms with Crippen LogP contribution in [0.25, 0.3) is 11.4 Å². The Bertz CT molecular complexity index is 1050. The first-order chi connectivity index (χ1) is 13.9. The molecule has 6 nitrogen and oxygen atoms in total. The molecule has 1 N–H and O–H groups in total. The fourth-order valence-corrected chi connectivity index (χ4v) is 3.33. The molecule has 1 aromatic carbocycles. The number of benzene rings is 1. The standard InChI is InChI=1S/C20H17F3N4O2/c21-20(22,23)29-15-3-1-13(2-4-15)11-27-10-7-16-17(12-27)25-18(26-19(16)28)14-5-8-24-9-6-14/h1-6,8-9H,7,10-12H2,(H,25,26,28). The fraction of sp³-hybridized carbons (Fsp3) is 0.250. The molecule has 9 heteroatoms. The third-order valence-corrected chi connectivity index (χ3v) is 4.67. The van der Waals surface area contributed by atoms with Crippen molar-refractivity contribution in [2.24, 2.45) is 0 Å². The van der Waals surface area contributed by atoms with Gasteiger partial charge in [-0.15, -0.1) is 13.2 Å². The number of alkyl halides is 3. The molecular formula is C20H17F3N4O2. The Kier molecular flexibility index (Phi) is 5.06. The lowest BCUT2D eigenvalue weighted by Gasteiger charge is -2.27. The zero-order valence-corrected chi connectivity index (χ0v) is 15.2. The van der Waals surface area contributed by atoms with Gasteiger partial charge in [-0.25, -0.2) is 4.98 Å². The number of hydrogen-bond donors (Lipinski definition) is 1. The molecule has 0 spiro atoms. The highest BCUT2D eigenvalue weighted by Crippen LogP contribution is 2.24. The Balaban J connectivity index is 1.50. The summed E-state index contributed by atoms with van der Waals surface area (Å²) < 4.78 is 40.7. The normalized spacial score (nSPS) is 14.4. The van der Waals surface area contributed by atoms with Crippen LogP contribution in [-0.4, -0.2) is 32.8 Å². The number of nitrogens with zero attached hydrogens (tertiary/aromatic N) is 3. The van der Waals surface area contributed by atoms with Crippen LogP contribution in [0.2, 0.25) is 0 Å². The lowest BCUT2D eigenvalue weighted by atomic mass is 10.0. The minimum atomic E-state index is -4.71. The number of fused-ring (bicyclic) bond motifs is 1. The molecule has 29 heavy (non-hydrogen) atoms. The highest BCUT2D eigenvalue weighted by atomic mass is 19.4. The van der Waals surface area contributed by atoms with Crippen molar-refractivity contribution < 1.29 is 17.9 Å². The van der Waals surface area contributed by atoms with Crippen LogP contribution < -0.4 is 10.3 Å². The number of ether oxygens (including phenoxy) is 1. The monoisotopic (exact) mass is 402 g/mol. The number of aromatic amines is 1. The molecule has 3 heterocycles. The van der Waals surface area contributed by atoms with Crippen molar-refractivity contribution in [2.45, 2.75) is 25.9 Å². The SMILES string of the molecule is O=c1[nH]c(-c2ccncc2)nc2c1CCN(Cc1ccc(OC(F)(F)F)cc1)C2. The van der Waals surface area contributed by atoms with Crippen molar-refractivity contribution in [1.29, 1.82) is 0 Å². The van der Waals surface area contributed by atoms with E-state index in [2.05, 4.69) is 24.6 Å². The average Bonchev–Trinajstić information content (AvgIpc) is 2.69. The summed E-state index contributed by atoms with van der Waals surface area (Å²) in [7, 11) is 0. The lowest BCUT2D eigenvalue weighted by Crippen LogP contribution is -2.35. The Morgan fingerprint density at radius 2 is 1.83 bits per heavy atom. The summed E-state index contributed by atoms with van der Waals surface area (Å²) >= 11 is 0. The molecule has 1 aliphatic rings. The van der Waals surface area contributed by atoms with Crippen molar-refractivity contribution in [3.05, 3.63) is 76.0 Å². The fourth-order valence-electron chi connectivity index (χ4n) is 3.33. The van der Waals surface area contributed by atoms with Crippen LogP contribution >= 0.6 is 0 Å². The first kappa shape index (κ1) is 19.1. The van der Waals surface area contributed by atoms with E-state index in [-0.39, 0.29) is 11.3 Å².